The van der Waals surface area contributed by atoms with E-state index < -0.39 is 0 Å². The van der Waals surface area contributed by atoms with Gasteiger partial charge in [-0.2, -0.15) is 0 Å². The first-order valence-electron chi connectivity index (χ1n) is 4.76. The normalized spacial score (nSPS) is 21.2. The van der Waals surface area contributed by atoms with Gasteiger partial charge in [0.05, 0.1) is 0 Å². The Labute approximate surface area is 85.3 Å². The predicted octanol–water partition coefficient (Wildman–Crippen LogP) is 1.72. The molecule has 0 spiro atoms. The average molecular weight is 190 g/mol. The number of hydrogen-bond donors (Lipinski definition) is 0. The summed E-state index contributed by atoms with van der Waals surface area (Å²) < 4.78 is 10.7. The summed E-state index contributed by atoms with van der Waals surface area (Å²) in [6.07, 6.45) is 11.4. The molecule has 0 saturated carbocycles. The van der Waals surface area contributed by atoms with Crippen LogP contribution in [0.2, 0.25) is 0 Å². The second kappa shape index (κ2) is 7.21. The van der Waals surface area contributed by atoms with Gasteiger partial charge in [-0.25, -0.2) is 0 Å². The highest BCUT2D eigenvalue weighted by Crippen LogP contribution is 2.12. The summed E-state index contributed by atoms with van der Waals surface area (Å²) >= 11 is 0. The first-order chi connectivity index (χ1) is 6.93. The third-order valence-corrected chi connectivity index (χ3v) is 1.84. The van der Waals surface area contributed by atoms with E-state index in [1.165, 1.54) is 6.42 Å². The van der Waals surface area contributed by atoms with E-state index in [9.17, 15) is 0 Å². The molecule has 0 aromatic heterocycles. The molecule has 74 valence electrons. The van der Waals surface area contributed by atoms with E-state index in [4.69, 9.17) is 15.9 Å². The van der Waals surface area contributed by atoms with Crippen molar-refractivity contribution in [3.8, 4) is 24.2 Å². The van der Waals surface area contributed by atoms with Crippen LogP contribution in [0.15, 0.2) is 12.2 Å². The molecule has 0 radical (unpaired) electrons. The van der Waals surface area contributed by atoms with Crippen LogP contribution in [-0.2, 0) is 9.47 Å². The fourth-order valence-electron chi connectivity index (χ4n) is 1.17. The molecule has 2 nitrogen and oxygen atoms in total. The zero-order valence-electron chi connectivity index (χ0n) is 8.16. The molecule has 2 heteroatoms. The Hall–Kier alpha value is -1.22. The van der Waals surface area contributed by atoms with Gasteiger partial charge in [-0.1, -0.05) is 17.8 Å². The maximum atomic E-state index is 5.38. The molecule has 1 atom stereocenters. The van der Waals surface area contributed by atoms with Crippen molar-refractivity contribution in [2.75, 3.05) is 13.2 Å². The van der Waals surface area contributed by atoms with Crippen LogP contribution in [0.5, 0.6) is 0 Å². The largest absolute Gasteiger partial charge is 0.353 e. The SMILES string of the molecule is C#C/C=C\C#CCOC1CCCCO1. The lowest BCUT2D eigenvalue weighted by Crippen LogP contribution is -2.22. The average Bonchev–Trinajstić information content (AvgIpc) is 2.25. The van der Waals surface area contributed by atoms with Gasteiger partial charge in [0.2, 0.25) is 0 Å². The number of hydrogen-bond acceptors (Lipinski definition) is 2. The molecule has 0 N–H and O–H groups in total. The van der Waals surface area contributed by atoms with Crippen molar-refractivity contribution < 1.29 is 9.47 Å². The molecule has 14 heavy (non-hydrogen) atoms. The van der Waals surface area contributed by atoms with Crippen molar-refractivity contribution in [3.63, 3.8) is 0 Å². The second-order valence-corrected chi connectivity index (χ2v) is 2.93. The molecule has 1 saturated heterocycles. The van der Waals surface area contributed by atoms with Crippen LogP contribution in [0, 0.1) is 24.2 Å². The fourth-order valence-corrected chi connectivity index (χ4v) is 1.17. The second-order valence-electron chi connectivity index (χ2n) is 2.93. The van der Waals surface area contributed by atoms with Crippen LogP contribution in [0.3, 0.4) is 0 Å². The Morgan fingerprint density at radius 3 is 3.07 bits per heavy atom. The minimum atomic E-state index is -0.0605. The zero-order valence-corrected chi connectivity index (χ0v) is 8.16. The predicted molar refractivity (Wildman–Crippen MR) is 55.3 cm³/mol. The van der Waals surface area contributed by atoms with Crippen LogP contribution < -0.4 is 0 Å². The minimum Gasteiger partial charge on any atom is -0.353 e. The lowest BCUT2D eigenvalue weighted by molar-refractivity contribution is -0.154. The summed E-state index contributed by atoms with van der Waals surface area (Å²) in [5.41, 5.74) is 0. The highest BCUT2D eigenvalue weighted by atomic mass is 16.7. The van der Waals surface area contributed by atoms with Crippen molar-refractivity contribution >= 4 is 0 Å². The van der Waals surface area contributed by atoms with E-state index in [0.29, 0.717) is 6.61 Å². The monoisotopic (exact) mass is 190 g/mol. The van der Waals surface area contributed by atoms with Crippen molar-refractivity contribution in [3.05, 3.63) is 12.2 Å². The third kappa shape index (κ3) is 4.72. The standard InChI is InChI=1S/C12H14O2/c1-2-3-4-5-7-10-13-12-9-6-8-11-14-12/h1,3-4,12H,6,8-11H2/b4-3-. The van der Waals surface area contributed by atoms with E-state index in [2.05, 4.69) is 17.8 Å². The van der Waals surface area contributed by atoms with Crippen LogP contribution in [0.4, 0.5) is 0 Å². The van der Waals surface area contributed by atoms with Gasteiger partial charge in [0.1, 0.15) is 6.61 Å². The van der Waals surface area contributed by atoms with Gasteiger partial charge in [-0.15, -0.1) is 6.42 Å². The Morgan fingerprint density at radius 2 is 2.36 bits per heavy atom. The van der Waals surface area contributed by atoms with Gasteiger partial charge >= 0.3 is 0 Å². The Morgan fingerprint density at radius 1 is 1.43 bits per heavy atom. The summed E-state index contributed by atoms with van der Waals surface area (Å²) in [6, 6.07) is 0. The summed E-state index contributed by atoms with van der Waals surface area (Å²) in [6.45, 7) is 1.20. The van der Waals surface area contributed by atoms with Gasteiger partial charge in [-0.3, -0.25) is 0 Å². The number of rotatable bonds is 2. The van der Waals surface area contributed by atoms with Crippen molar-refractivity contribution in [2.45, 2.75) is 25.6 Å². The number of terminal acetylenes is 1. The van der Waals surface area contributed by atoms with E-state index >= 15 is 0 Å². The van der Waals surface area contributed by atoms with Crippen molar-refractivity contribution in [2.24, 2.45) is 0 Å². The lowest BCUT2D eigenvalue weighted by Gasteiger charge is -2.21. The molecule has 1 fully saturated rings. The Balaban J connectivity index is 2.10. The summed E-state index contributed by atoms with van der Waals surface area (Å²) in [7, 11) is 0. The van der Waals surface area contributed by atoms with Crippen LogP contribution in [-0.4, -0.2) is 19.5 Å². The third-order valence-electron chi connectivity index (χ3n) is 1.84. The summed E-state index contributed by atoms with van der Waals surface area (Å²) in [5, 5.41) is 0. The van der Waals surface area contributed by atoms with Gasteiger partial charge < -0.3 is 9.47 Å². The van der Waals surface area contributed by atoms with Gasteiger partial charge in [-0.05, 0) is 31.4 Å². The summed E-state index contributed by atoms with van der Waals surface area (Å²) in [4.78, 5) is 0. The highest BCUT2D eigenvalue weighted by molar-refractivity contribution is 5.22. The Kier molecular flexibility index (Phi) is 5.59. The molecular formula is C12H14O2. The van der Waals surface area contributed by atoms with E-state index in [-0.39, 0.29) is 6.29 Å². The smallest absolute Gasteiger partial charge is 0.158 e. The molecule has 1 heterocycles. The topological polar surface area (TPSA) is 18.5 Å². The lowest BCUT2D eigenvalue weighted by atomic mass is 10.2. The molecule has 0 aromatic rings. The van der Waals surface area contributed by atoms with E-state index in [1.807, 2.05) is 0 Å². The van der Waals surface area contributed by atoms with Gasteiger partial charge in [0.15, 0.2) is 6.29 Å². The van der Waals surface area contributed by atoms with Gasteiger partial charge in [0, 0.05) is 6.61 Å². The van der Waals surface area contributed by atoms with Crippen LogP contribution in [0.25, 0.3) is 0 Å². The Bertz CT molecular complexity index is 269. The molecule has 1 rings (SSSR count). The van der Waals surface area contributed by atoms with Gasteiger partial charge in [0.25, 0.3) is 0 Å². The molecule has 1 aliphatic rings. The molecular weight excluding hydrogens is 176 g/mol. The maximum Gasteiger partial charge on any atom is 0.158 e. The van der Waals surface area contributed by atoms with Crippen molar-refractivity contribution in [1.82, 2.24) is 0 Å². The van der Waals surface area contributed by atoms with Crippen LogP contribution >= 0.6 is 0 Å². The van der Waals surface area contributed by atoms with Crippen LogP contribution in [0.1, 0.15) is 19.3 Å². The maximum absolute atomic E-state index is 5.38. The first kappa shape index (κ1) is 10.9. The molecule has 0 amide bonds. The molecule has 1 unspecified atom stereocenters. The molecule has 0 bridgehead atoms. The highest BCUT2D eigenvalue weighted by Gasteiger charge is 2.12. The van der Waals surface area contributed by atoms with E-state index in [0.717, 1.165) is 19.4 Å². The molecule has 0 aromatic carbocycles. The minimum absolute atomic E-state index is 0.0605. The molecule has 1 aliphatic heterocycles. The number of ether oxygens (including phenoxy) is 2. The van der Waals surface area contributed by atoms with Crippen molar-refractivity contribution in [1.29, 1.82) is 0 Å². The molecule has 0 aliphatic carbocycles. The van der Waals surface area contributed by atoms with E-state index in [1.54, 1.807) is 12.2 Å². The zero-order chi connectivity index (χ0) is 10.1. The number of allylic oxidation sites excluding steroid dienone is 2. The quantitative estimate of drug-likeness (QED) is 0.617. The first-order valence-corrected chi connectivity index (χ1v) is 4.76. The summed E-state index contributed by atoms with van der Waals surface area (Å²) in [5.74, 6) is 7.96. The fraction of sp³-hybridized carbons (Fsp3) is 0.500.